The number of anilines is 3. The first-order chi connectivity index (χ1) is 24.7. The fourth-order valence-electron chi connectivity index (χ4n) is 8.57. The molecule has 0 bridgehead atoms. The number of fused-ring (bicyclic) bond motifs is 8. The van der Waals surface area contributed by atoms with Crippen LogP contribution in [0.25, 0.3) is 43.8 Å². The van der Waals surface area contributed by atoms with Gasteiger partial charge in [-0.05, 0) is 75.5 Å². The lowest BCUT2D eigenvalue weighted by Crippen LogP contribution is -2.28. The number of para-hydroxylation sites is 3. The predicted molar refractivity (Wildman–Crippen MR) is 208 cm³/mol. The van der Waals surface area contributed by atoms with Crippen LogP contribution in [0.1, 0.15) is 27.8 Å². The highest BCUT2D eigenvalue weighted by atomic mass is 16.3. The first-order valence-corrected chi connectivity index (χ1v) is 17.3. The van der Waals surface area contributed by atoms with E-state index in [0.717, 1.165) is 44.6 Å². The highest BCUT2D eigenvalue weighted by Crippen LogP contribution is 2.60. The first kappa shape index (κ1) is 28.6. The molecule has 0 atom stereocenters. The molecule has 2 nitrogen and oxygen atoms in total. The van der Waals surface area contributed by atoms with Gasteiger partial charge in [0.25, 0.3) is 0 Å². The zero-order valence-electron chi connectivity index (χ0n) is 27.7. The minimum atomic E-state index is -0.530. The maximum Gasteiger partial charge on any atom is 0.159 e. The predicted octanol–water partition coefficient (Wildman–Crippen LogP) is 12.9. The van der Waals surface area contributed by atoms with E-state index < -0.39 is 5.41 Å². The molecule has 1 aliphatic rings. The number of hydrogen-bond acceptors (Lipinski definition) is 2. The number of benzene rings is 8. The number of aryl methyl sites for hydroxylation is 1. The maximum absolute atomic E-state index is 6.83. The Kier molecular flexibility index (Phi) is 6.34. The molecule has 8 aromatic carbocycles. The number of rotatable bonds is 5. The van der Waals surface area contributed by atoms with Crippen molar-refractivity contribution in [1.29, 1.82) is 0 Å². The second-order valence-electron chi connectivity index (χ2n) is 13.3. The summed E-state index contributed by atoms with van der Waals surface area (Å²) in [5.74, 6) is 0. The van der Waals surface area contributed by atoms with Crippen molar-refractivity contribution < 1.29 is 4.42 Å². The summed E-state index contributed by atoms with van der Waals surface area (Å²) in [5, 5.41) is 4.67. The third-order valence-corrected chi connectivity index (χ3v) is 10.6. The molecule has 0 saturated heterocycles. The van der Waals surface area contributed by atoms with Gasteiger partial charge >= 0.3 is 0 Å². The molecule has 0 N–H and O–H groups in total. The quantitative estimate of drug-likeness (QED) is 0.186. The first-order valence-electron chi connectivity index (χ1n) is 17.3. The summed E-state index contributed by atoms with van der Waals surface area (Å²) < 4.78 is 6.83. The third kappa shape index (κ3) is 3.96. The summed E-state index contributed by atoms with van der Waals surface area (Å²) in [4.78, 5) is 2.41. The van der Waals surface area contributed by atoms with Crippen molar-refractivity contribution in [3.8, 4) is 11.1 Å². The Morgan fingerprint density at radius 3 is 1.72 bits per heavy atom. The average molecular weight is 640 g/mol. The lowest BCUT2D eigenvalue weighted by atomic mass is 9.67. The Bertz CT molecular complexity index is 2670. The average Bonchev–Trinajstić information content (AvgIpc) is 3.72. The van der Waals surface area contributed by atoms with Crippen molar-refractivity contribution in [3.05, 3.63) is 210 Å². The largest absolute Gasteiger partial charge is 0.454 e. The highest BCUT2D eigenvalue weighted by molar-refractivity contribution is 6.14. The Balaban J connectivity index is 1.37. The lowest BCUT2D eigenvalue weighted by Gasteiger charge is -2.35. The second kappa shape index (κ2) is 11.1. The van der Waals surface area contributed by atoms with Crippen molar-refractivity contribution in [1.82, 2.24) is 0 Å². The van der Waals surface area contributed by atoms with E-state index in [2.05, 4.69) is 194 Å². The maximum atomic E-state index is 6.83. The van der Waals surface area contributed by atoms with Crippen LogP contribution in [-0.2, 0) is 5.41 Å². The van der Waals surface area contributed by atoms with Gasteiger partial charge in [0.05, 0.1) is 16.8 Å². The van der Waals surface area contributed by atoms with Gasteiger partial charge < -0.3 is 9.32 Å². The minimum absolute atomic E-state index is 0.530. The van der Waals surface area contributed by atoms with E-state index in [9.17, 15) is 0 Å². The molecule has 0 saturated carbocycles. The van der Waals surface area contributed by atoms with Gasteiger partial charge in [0, 0.05) is 21.8 Å². The zero-order valence-corrected chi connectivity index (χ0v) is 27.7. The summed E-state index contributed by atoms with van der Waals surface area (Å²) in [7, 11) is 0. The topological polar surface area (TPSA) is 16.4 Å². The molecule has 1 aromatic heterocycles. The fourth-order valence-corrected chi connectivity index (χ4v) is 8.57. The molecular weight excluding hydrogens is 607 g/mol. The summed E-state index contributed by atoms with van der Waals surface area (Å²) in [6.45, 7) is 2.12. The Hall–Kier alpha value is -6.38. The summed E-state index contributed by atoms with van der Waals surface area (Å²) >= 11 is 0. The van der Waals surface area contributed by atoms with Crippen molar-refractivity contribution in [2.24, 2.45) is 0 Å². The van der Waals surface area contributed by atoms with E-state index >= 15 is 0 Å². The molecule has 9 aromatic rings. The van der Waals surface area contributed by atoms with Crippen molar-refractivity contribution in [3.63, 3.8) is 0 Å². The molecule has 50 heavy (non-hydrogen) atoms. The number of furan rings is 1. The van der Waals surface area contributed by atoms with Crippen LogP contribution >= 0.6 is 0 Å². The fraction of sp³-hybridized carbons (Fsp3) is 0.0417. The molecule has 10 rings (SSSR count). The van der Waals surface area contributed by atoms with Crippen molar-refractivity contribution in [2.75, 3.05) is 4.90 Å². The van der Waals surface area contributed by atoms with Gasteiger partial charge in [-0.15, -0.1) is 0 Å². The SMILES string of the molecule is Cc1cccc2c1oc1c(N(c3ccccc3)c3cc4c(c5ccccc35)-c3ccccc3C4(c3ccccc3)c3ccccc3)cccc12. The summed E-state index contributed by atoms with van der Waals surface area (Å²) in [6.07, 6.45) is 0. The van der Waals surface area contributed by atoms with Gasteiger partial charge in [0.15, 0.2) is 5.58 Å². The van der Waals surface area contributed by atoms with Crippen molar-refractivity contribution in [2.45, 2.75) is 12.3 Å². The third-order valence-electron chi connectivity index (χ3n) is 10.6. The molecular formula is C48H33NO. The van der Waals surface area contributed by atoms with E-state index in [1.165, 1.54) is 44.2 Å². The van der Waals surface area contributed by atoms with Crippen LogP contribution in [0.4, 0.5) is 17.1 Å². The number of nitrogens with zero attached hydrogens (tertiary/aromatic N) is 1. The zero-order chi connectivity index (χ0) is 33.2. The standard InChI is InChI=1S/C48H33NO/c1-32-17-15-27-38-39-28-16-30-43(47(39)50-46(32)38)49(35-22-9-4-10-23-35)44-31-42-45(37-25-12-11-24-36(37)44)40-26-13-14-29-41(40)48(42,33-18-5-2-6-19-33)34-20-7-3-8-21-34/h2-31H,1H3. The molecule has 0 amide bonds. The van der Waals surface area contributed by atoms with Crippen LogP contribution in [0.3, 0.4) is 0 Å². The normalized spacial score (nSPS) is 13.1. The number of hydrogen-bond donors (Lipinski definition) is 0. The molecule has 0 spiro atoms. The Labute approximate surface area is 291 Å². The Morgan fingerprint density at radius 1 is 0.440 bits per heavy atom. The van der Waals surface area contributed by atoms with Gasteiger partial charge in [0.2, 0.25) is 0 Å². The monoisotopic (exact) mass is 639 g/mol. The molecule has 236 valence electrons. The van der Waals surface area contributed by atoms with Gasteiger partial charge in [-0.25, -0.2) is 0 Å². The highest BCUT2D eigenvalue weighted by Gasteiger charge is 2.47. The molecule has 0 radical (unpaired) electrons. The summed E-state index contributed by atoms with van der Waals surface area (Å²) in [5.41, 5.74) is 13.3. The van der Waals surface area contributed by atoms with E-state index in [1.54, 1.807) is 0 Å². The Morgan fingerprint density at radius 2 is 1.00 bits per heavy atom. The lowest BCUT2D eigenvalue weighted by molar-refractivity contribution is 0.666. The van der Waals surface area contributed by atoms with Crippen LogP contribution in [0.5, 0.6) is 0 Å². The minimum Gasteiger partial charge on any atom is -0.454 e. The van der Waals surface area contributed by atoms with Crippen LogP contribution in [-0.4, -0.2) is 0 Å². The van der Waals surface area contributed by atoms with Crippen LogP contribution in [0, 0.1) is 6.92 Å². The van der Waals surface area contributed by atoms with E-state index in [0.29, 0.717) is 0 Å². The van der Waals surface area contributed by atoms with Crippen LogP contribution in [0.15, 0.2) is 186 Å². The molecule has 1 aliphatic carbocycles. The van der Waals surface area contributed by atoms with Crippen LogP contribution in [0.2, 0.25) is 0 Å². The summed E-state index contributed by atoms with van der Waals surface area (Å²) in [6, 6.07) is 66.1. The van der Waals surface area contributed by atoms with Gasteiger partial charge in [-0.2, -0.15) is 0 Å². The molecule has 0 fully saturated rings. The van der Waals surface area contributed by atoms with Crippen molar-refractivity contribution >= 4 is 49.8 Å². The van der Waals surface area contributed by atoms with E-state index in [-0.39, 0.29) is 0 Å². The molecule has 0 aliphatic heterocycles. The molecule has 2 heteroatoms. The molecule has 1 heterocycles. The second-order valence-corrected chi connectivity index (χ2v) is 13.3. The smallest absolute Gasteiger partial charge is 0.159 e. The van der Waals surface area contributed by atoms with Crippen LogP contribution < -0.4 is 4.90 Å². The van der Waals surface area contributed by atoms with Gasteiger partial charge in [-0.1, -0.05) is 158 Å². The molecule has 0 unspecified atom stereocenters. The van der Waals surface area contributed by atoms with Gasteiger partial charge in [0.1, 0.15) is 5.58 Å². The van der Waals surface area contributed by atoms with E-state index in [1.807, 2.05) is 0 Å². The van der Waals surface area contributed by atoms with Gasteiger partial charge in [-0.3, -0.25) is 0 Å². The van der Waals surface area contributed by atoms with E-state index in [4.69, 9.17) is 4.42 Å².